The van der Waals surface area contributed by atoms with Gasteiger partial charge in [-0.15, -0.1) is 0 Å². The summed E-state index contributed by atoms with van der Waals surface area (Å²) in [6.07, 6.45) is 0. The predicted octanol–water partition coefficient (Wildman–Crippen LogP) is 2.49. The lowest BCUT2D eigenvalue weighted by atomic mass is 10.2. The van der Waals surface area contributed by atoms with Crippen LogP contribution in [0.2, 0.25) is 5.02 Å². The number of sulfonamides is 1. The van der Waals surface area contributed by atoms with Gasteiger partial charge >= 0.3 is 5.97 Å². The molecule has 2 aromatic rings. The molecule has 0 saturated heterocycles. The highest BCUT2D eigenvalue weighted by molar-refractivity contribution is 7.89. The summed E-state index contributed by atoms with van der Waals surface area (Å²) < 4.78 is 45.9. The number of hydrogen-bond acceptors (Lipinski definition) is 5. The Balaban J connectivity index is 2.25. The van der Waals surface area contributed by atoms with Gasteiger partial charge in [0.2, 0.25) is 10.0 Å². The number of rotatable bonds is 5. The number of primary sulfonamides is 1. The number of esters is 1. The Kier molecular flexibility index (Phi) is 5.43. The maximum absolute atomic E-state index is 13.0. The fraction of sp³-hybridized carbons (Fsp3) is 0.133. The molecule has 0 aromatic heterocycles. The molecule has 128 valence electrons. The van der Waals surface area contributed by atoms with E-state index in [1.165, 1.54) is 31.4 Å². The van der Waals surface area contributed by atoms with Gasteiger partial charge in [-0.05, 0) is 30.3 Å². The molecule has 0 aliphatic heterocycles. The highest BCUT2D eigenvalue weighted by atomic mass is 35.5. The molecule has 2 rings (SSSR count). The van der Waals surface area contributed by atoms with Crippen LogP contribution in [0.3, 0.4) is 0 Å². The van der Waals surface area contributed by atoms with Crippen LogP contribution in [0.4, 0.5) is 4.39 Å². The second kappa shape index (κ2) is 7.16. The molecule has 2 N–H and O–H groups in total. The highest BCUT2D eigenvalue weighted by Gasteiger charge is 2.19. The second-order valence-electron chi connectivity index (χ2n) is 4.72. The van der Waals surface area contributed by atoms with E-state index < -0.39 is 21.8 Å². The summed E-state index contributed by atoms with van der Waals surface area (Å²) in [6, 6.07) is 7.21. The Morgan fingerprint density at radius 1 is 1.25 bits per heavy atom. The van der Waals surface area contributed by atoms with Crippen LogP contribution in [-0.2, 0) is 21.4 Å². The number of ether oxygens (including phenoxy) is 2. The zero-order valence-corrected chi connectivity index (χ0v) is 14.0. The lowest BCUT2D eigenvalue weighted by Crippen LogP contribution is -2.14. The van der Waals surface area contributed by atoms with Gasteiger partial charge in [-0.1, -0.05) is 17.7 Å². The second-order valence-corrected chi connectivity index (χ2v) is 6.69. The summed E-state index contributed by atoms with van der Waals surface area (Å²) >= 11 is 5.85. The van der Waals surface area contributed by atoms with Gasteiger partial charge in [0.1, 0.15) is 23.7 Å². The number of nitrogens with two attached hydrogens (primary N) is 1. The minimum absolute atomic E-state index is 0.105. The van der Waals surface area contributed by atoms with Crippen LogP contribution in [0.15, 0.2) is 41.3 Å². The van der Waals surface area contributed by atoms with Crippen LogP contribution < -0.4 is 9.88 Å². The van der Waals surface area contributed by atoms with E-state index in [-0.39, 0.29) is 27.8 Å². The van der Waals surface area contributed by atoms with Crippen molar-refractivity contribution in [3.63, 3.8) is 0 Å². The van der Waals surface area contributed by atoms with Gasteiger partial charge in [-0.2, -0.15) is 0 Å². The van der Waals surface area contributed by atoms with Crippen molar-refractivity contribution in [2.24, 2.45) is 5.14 Å². The molecule has 0 radical (unpaired) electrons. The minimum atomic E-state index is -3.99. The van der Waals surface area contributed by atoms with Crippen molar-refractivity contribution in [3.05, 3.63) is 58.4 Å². The molecule has 2 aromatic carbocycles. The predicted molar refractivity (Wildman–Crippen MR) is 84.9 cm³/mol. The Morgan fingerprint density at radius 3 is 2.54 bits per heavy atom. The van der Waals surface area contributed by atoms with Crippen molar-refractivity contribution in [2.75, 3.05) is 7.11 Å². The van der Waals surface area contributed by atoms with E-state index in [1.807, 2.05) is 0 Å². The van der Waals surface area contributed by atoms with E-state index in [1.54, 1.807) is 0 Å². The number of benzene rings is 2. The molecule has 0 aliphatic carbocycles. The Hall–Kier alpha value is -2.16. The molecular weight excluding hydrogens is 361 g/mol. The third-order valence-electron chi connectivity index (χ3n) is 3.09. The first-order chi connectivity index (χ1) is 11.2. The van der Waals surface area contributed by atoms with Gasteiger partial charge in [0.05, 0.1) is 17.0 Å². The van der Waals surface area contributed by atoms with Crippen LogP contribution in [0, 0.1) is 5.82 Å². The van der Waals surface area contributed by atoms with Crippen LogP contribution in [-0.4, -0.2) is 21.5 Å². The standard InChI is InChI=1S/C15H13ClFNO5S/c1-22-14-5-4-11(24(18,20)21)7-12(14)15(19)23-8-9-2-3-10(17)6-13(9)16/h2-7H,8H2,1H3,(H2,18,20,21). The molecule has 0 saturated carbocycles. The average molecular weight is 374 g/mol. The third-order valence-corrected chi connectivity index (χ3v) is 4.36. The summed E-state index contributed by atoms with van der Waals surface area (Å²) in [5.74, 6) is -1.23. The smallest absolute Gasteiger partial charge is 0.342 e. The maximum atomic E-state index is 13.0. The third kappa shape index (κ3) is 4.22. The van der Waals surface area contributed by atoms with Crippen molar-refractivity contribution in [2.45, 2.75) is 11.5 Å². The first-order valence-electron chi connectivity index (χ1n) is 6.54. The van der Waals surface area contributed by atoms with Crippen LogP contribution in [0.25, 0.3) is 0 Å². The fourth-order valence-electron chi connectivity index (χ4n) is 1.88. The van der Waals surface area contributed by atoms with Crippen molar-refractivity contribution in [1.29, 1.82) is 0 Å². The number of halogens is 2. The average Bonchev–Trinajstić information content (AvgIpc) is 2.52. The summed E-state index contributed by atoms with van der Waals surface area (Å²) in [5, 5.41) is 5.15. The van der Waals surface area contributed by atoms with Gasteiger partial charge < -0.3 is 9.47 Å². The lowest BCUT2D eigenvalue weighted by molar-refractivity contribution is 0.0469. The van der Waals surface area contributed by atoms with Crippen LogP contribution >= 0.6 is 11.6 Å². The van der Waals surface area contributed by atoms with Crippen molar-refractivity contribution in [3.8, 4) is 5.75 Å². The molecule has 0 heterocycles. The van der Waals surface area contributed by atoms with Crippen LogP contribution in [0.5, 0.6) is 5.75 Å². The summed E-state index contributed by atoms with van der Waals surface area (Å²) in [5.41, 5.74) is 0.287. The molecule has 24 heavy (non-hydrogen) atoms. The van der Waals surface area contributed by atoms with Gasteiger partial charge in [0.25, 0.3) is 0 Å². The fourth-order valence-corrected chi connectivity index (χ4v) is 2.64. The monoisotopic (exact) mass is 373 g/mol. The van der Waals surface area contributed by atoms with E-state index >= 15 is 0 Å². The largest absolute Gasteiger partial charge is 0.496 e. The first kappa shape index (κ1) is 18.2. The quantitative estimate of drug-likeness (QED) is 0.812. The van der Waals surface area contributed by atoms with Crippen LogP contribution in [0.1, 0.15) is 15.9 Å². The number of methoxy groups -OCH3 is 1. The molecule has 0 unspecified atom stereocenters. The number of hydrogen-bond donors (Lipinski definition) is 1. The molecule has 0 aliphatic rings. The van der Waals surface area contributed by atoms with Gasteiger partial charge in [-0.25, -0.2) is 22.7 Å². The Morgan fingerprint density at radius 2 is 1.96 bits per heavy atom. The summed E-state index contributed by atoms with van der Waals surface area (Å²) in [7, 11) is -2.67. The van der Waals surface area contributed by atoms with E-state index in [4.69, 9.17) is 26.2 Å². The summed E-state index contributed by atoms with van der Waals surface area (Å²) in [4.78, 5) is 11.9. The molecular formula is C15H13ClFNO5S. The van der Waals surface area contributed by atoms with Crippen molar-refractivity contribution >= 4 is 27.6 Å². The SMILES string of the molecule is COc1ccc(S(N)(=O)=O)cc1C(=O)OCc1ccc(F)cc1Cl. The van der Waals surface area contributed by atoms with Crippen molar-refractivity contribution in [1.82, 2.24) is 0 Å². The minimum Gasteiger partial charge on any atom is -0.496 e. The normalized spacial score (nSPS) is 11.2. The highest BCUT2D eigenvalue weighted by Crippen LogP contribution is 2.24. The zero-order chi connectivity index (χ0) is 17.9. The van der Waals surface area contributed by atoms with E-state index in [2.05, 4.69) is 0 Å². The first-order valence-corrected chi connectivity index (χ1v) is 8.46. The zero-order valence-electron chi connectivity index (χ0n) is 12.5. The lowest BCUT2D eigenvalue weighted by Gasteiger charge is -2.11. The Labute approximate surface area is 143 Å². The Bertz CT molecular complexity index is 885. The summed E-state index contributed by atoms with van der Waals surface area (Å²) in [6.45, 7) is -0.222. The maximum Gasteiger partial charge on any atom is 0.342 e. The molecule has 0 bridgehead atoms. The topological polar surface area (TPSA) is 95.7 Å². The van der Waals surface area contributed by atoms with E-state index in [0.29, 0.717) is 5.56 Å². The number of carbonyl (C=O) groups excluding carboxylic acids is 1. The number of carbonyl (C=O) groups is 1. The molecule has 6 nitrogen and oxygen atoms in total. The molecule has 0 fully saturated rings. The van der Waals surface area contributed by atoms with E-state index in [9.17, 15) is 17.6 Å². The van der Waals surface area contributed by atoms with Gasteiger partial charge in [-0.3, -0.25) is 0 Å². The van der Waals surface area contributed by atoms with Gasteiger partial charge in [0, 0.05) is 5.56 Å². The molecule has 9 heteroatoms. The van der Waals surface area contributed by atoms with Gasteiger partial charge in [0.15, 0.2) is 0 Å². The molecule has 0 atom stereocenters. The molecule has 0 spiro atoms. The molecule has 0 amide bonds. The van der Waals surface area contributed by atoms with E-state index in [0.717, 1.165) is 12.1 Å². The van der Waals surface area contributed by atoms with Crippen molar-refractivity contribution < 1.29 is 27.1 Å².